The maximum atomic E-state index is 12.6. The summed E-state index contributed by atoms with van der Waals surface area (Å²) in [4.78, 5) is 14.7. The molecule has 9 heteroatoms. The first kappa shape index (κ1) is 21.0. The Morgan fingerprint density at radius 2 is 1.92 bits per heavy atom. The molecule has 1 heterocycles. The van der Waals surface area contributed by atoms with Crippen molar-refractivity contribution in [3.8, 4) is 0 Å². The molecule has 1 aromatic carbocycles. The van der Waals surface area contributed by atoms with E-state index in [2.05, 4.69) is 26.6 Å². The van der Waals surface area contributed by atoms with Crippen LogP contribution in [0.4, 0.5) is 0 Å². The van der Waals surface area contributed by atoms with Crippen LogP contribution in [0.25, 0.3) is 0 Å². The lowest BCUT2D eigenvalue weighted by Gasteiger charge is -2.24. The minimum Gasteiger partial charge on any atom is -0.350 e. The number of carbonyl (C=O) groups excluding carboxylic acids is 1. The average molecular weight is 460 g/mol. The lowest BCUT2D eigenvalue weighted by atomic mass is 10.1. The van der Waals surface area contributed by atoms with Crippen molar-refractivity contribution in [3.63, 3.8) is 0 Å². The lowest BCUT2D eigenvalue weighted by molar-refractivity contribution is 0.0941. The minimum absolute atomic E-state index is 0.0469. The van der Waals surface area contributed by atoms with E-state index in [1.165, 1.54) is 20.2 Å². The molecule has 142 valence electrons. The van der Waals surface area contributed by atoms with Crippen molar-refractivity contribution < 1.29 is 13.2 Å². The van der Waals surface area contributed by atoms with E-state index in [0.29, 0.717) is 16.6 Å². The summed E-state index contributed by atoms with van der Waals surface area (Å²) in [6.45, 7) is 0.425. The molecule has 26 heavy (non-hydrogen) atoms. The number of carbonyl (C=O) groups is 1. The Labute approximate surface area is 167 Å². The number of likely N-dealkylation sites (N-methyl/N-ethyl adjacent to an activating group) is 1. The third-order valence-electron chi connectivity index (χ3n) is 3.96. The van der Waals surface area contributed by atoms with E-state index < -0.39 is 10.0 Å². The Hall–Kier alpha value is -1.26. The molecule has 0 aliphatic carbocycles. The van der Waals surface area contributed by atoms with Crippen LogP contribution >= 0.6 is 27.3 Å². The number of hydrogen-bond donors (Lipinski definition) is 1. The van der Waals surface area contributed by atoms with Gasteiger partial charge in [-0.25, -0.2) is 12.7 Å². The molecule has 1 unspecified atom stereocenters. The van der Waals surface area contributed by atoms with Gasteiger partial charge in [-0.1, -0.05) is 0 Å². The summed E-state index contributed by atoms with van der Waals surface area (Å²) in [6.07, 6.45) is 0. The molecule has 1 atom stereocenters. The van der Waals surface area contributed by atoms with Crippen molar-refractivity contribution in [2.75, 3.05) is 34.7 Å². The van der Waals surface area contributed by atoms with Gasteiger partial charge >= 0.3 is 0 Å². The van der Waals surface area contributed by atoms with Crippen LogP contribution in [0.2, 0.25) is 0 Å². The fourth-order valence-corrected chi connectivity index (χ4v) is 4.94. The summed E-state index contributed by atoms with van der Waals surface area (Å²) in [5.41, 5.74) is 1.43. The van der Waals surface area contributed by atoms with Crippen molar-refractivity contribution in [1.82, 2.24) is 14.5 Å². The first-order valence-corrected chi connectivity index (χ1v) is 11.0. The monoisotopic (exact) mass is 459 g/mol. The molecule has 2 aromatic rings. The van der Waals surface area contributed by atoms with E-state index in [0.717, 1.165) is 9.87 Å². The van der Waals surface area contributed by atoms with Crippen LogP contribution in [0.1, 0.15) is 22.0 Å². The predicted octanol–water partition coefficient (Wildman–Crippen LogP) is 2.79. The first-order valence-electron chi connectivity index (χ1n) is 7.83. The van der Waals surface area contributed by atoms with Crippen LogP contribution in [0.5, 0.6) is 0 Å². The molecule has 1 aromatic heterocycles. The van der Waals surface area contributed by atoms with Gasteiger partial charge in [0.1, 0.15) is 0 Å². The molecular formula is C17H22BrN3O3S2. The van der Waals surface area contributed by atoms with Gasteiger partial charge < -0.3 is 10.2 Å². The number of hydrogen-bond acceptors (Lipinski definition) is 5. The number of amides is 1. The summed E-state index contributed by atoms with van der Waals surface area (Å²) in [7, 11) is 3.18. The average Bonchev–Trinajstić information content (AvgIpc) is 3.08. The second kappa shape index (κ2) is 8.62. The highest BCUT2D eigenvalue weighted by atomic mass is 79.9. The van der Waals surface area contributed by atoms with Crippen LogP contribution in [0.15, 0.2) is 44.4 Å². The molecule has 6 nitrogen and oxygen atoms in total. The number of nitrogens with one attached hydrogen (secondary N) is 1. The number of thiophene rings is 1. The van der Waals surface area contributed by atoms with Gasteiger partial charge in [0.2, 0.25) is 10.0 Å². The summed E-state index contributed by atoms with van der Waals surface area (Å²) in [5.74, 6) is -0.310. The Balaban J connectivity index is 2.20. The van der Waals surface area contributed by atoms with Gasteiger partial charge in [0.15, 0.2) is 0 Å². The summed E-state index contributed by atoms with van der Waals surface area (Å²) >= 11 is 4.86. The second-order valence-corrected chi connectivity index (χ2v) is 9.93. The number of halogens is 1. The number of sulfonamides is 1. The highest BCUT2D eigenvalue weighted by molar-refractivity contribution is 9.10. The fraction of sp³-hybridized carbons (Fsp3) is 0.353. The largest absolute Gasteiger partial charge is 0.350 e. The summed E-state index contributed by atoms with van der Waals surface area (Å²) < 4.78 is 26.3. The van der Waals surface area contributed by atoms with Crippen LogP contribution in [-0.4, -0.2) is 58.3 Å². The first-order chi connectivity index (χ1) is 12.1. The Kier molecular flexibility index (Phi) is 6.98. The van der Waals surface area contributed by atoms with Gasteiger partial charge in [-0.3, -0.25) is 4.79 Å². The number of nitrogens with zero attached hydrogens (tertiary/aromatic N) is 2. The van der Waals surface area contributed by atoms with Crippen molar-refractivity contribution in [1.29, 1.82) is 0 Å². The second-order valence-electron chi connectivity index (χ2n) is 6.18. The summed E-state index contributed by atoms with van der Waals surface area (Å²) in [6, 6.07) is 6.65. The zero-order valence-corrected chi connectivity index (χ0v) is 18.3. The third kappa shape index (κ3) is 4.72. The SMILES string of the molecule is CN(C)C(CNC(=O)c1ccc(Br)c(S(=O)(=O)N(C)C)c1)c1ccsc1. The Bertz CT molecular complexity index is 865. The van der Waals surface area contributed by atoms with Crippen molar-refractivity contribution in [2.45, 2.75) is 10.9 Å². The van der Waals surface area contributed by atoms with Crippen LogP contribution < -0.4 is 5.32 Å². The van der Waals surface area contributed by atoms with Crippen LogP contribution in [0, 0.1) is 0 Å². The number of rotatable bonds is 7. The van der Waals surface area contributed by atoms with E-state index in [1.807, 2.05) is 30.4 Å². The zero-order valence-electron chi connectivity index (χ0n) is 15.1. The quantitative estimate of drug-likeness (QED) is 0.690. The molecule has 2 rings (SSSR count). The normalized spacial score (nSPS) is 13.2. The summed E-state index contributed by atoms with van der Waals surface area (Å²) in [5, 5.41) is 6.95. The smallest absolute Gasteiger partial charge is 0.251 e. The lowest BCUT2D eigenvalue weighted by Crippen LogP contribution is -2.34. The van der Waals surface area contributed by atoms with E-state index in [1.54, 1.807) is 23.5 Å². The standard InChI is InChI=1S/C17H22BrN3O3S2/c1-20(2)15(13-7-8-25-11-13)10-19-17(22)12-5-6-14(18)16(9-12)26(23,24)21(3)4/h5-9,11,15H,10H2,1-4H3,(H,19,22). The van der Waals surface area contributed by atoms with Gasteiger partial charge in [0.25, 0.3) is 5.91 Å². The Morgan fingerprint density at radius 1 is 1.23 bits per heavy atom. The van der Waals surface area contributed by atoms with Gasteiger partial charge in [0, 0.05) is 30.7 Å². The van der Waals surface area contributed by atoms with Crippen LogP contribution in [0.3, 0.4) is 0 Å². The molecule has 0 aliphatic heterocycles. The fourth-order valence-electron chi connectivity index (χ4n) is 2.39. The highest BCUT2D eigenvalue weighted by Gasteiger charge is 2.23. The minimum atomic E-state index is -3.64. The topological polar surface area (TPSA) is 69.7 Å². The van der Waals surface area contributed by atoms with Crippen molar-refractivity contribution in [3.05, 3.63) is 50.6 Å². The third-order valence-corrected chi connectivity index (χ3v) is 7.47. The van der Waals surface area contributed by atoms with E-state index in [9.17, 15) is 13.2 Å². The molecule has 1 amide bonds. The van der Waals surface area contributed by atoms with E-state index in [4.69, 9.17) is 0 Å². The van der Waals surface area contributed by atoms with Gasteiger partial charge in [-0.2, -0.15) is 11.3 Å². The zero-order chi connectivity index (χ0) is 19.5. The molecule has 0 saturated carbocycles. The van der Waals surface area contributed by atoms with Gasteiger partial charge in [0.05, 0.1) is 10.9 Å². The molecule has 0 fully saturated rings. The van der Waals surface area contributed by atoms with E-state index >= 15 is 0 Å². The molecule has 0 aliphatic rings. The molecule has 1 N–H and O–H groups in total. The molecular weight excluding hydrogens is 438 g/mol. The van der Waals surface area contributed by atoms with Gasteiger partial charge in [-0.15, -0.1) is 0 Å². The predicted molar refractivity (Wildman–Crippen MR) is 108 cm³/mol. The molecule has 0 saturated heterocycles. The number of benzene rings is 1. The molecule has 0 bridgehead atoms. The van der Waals surface area contributed by atoms with Crippen molar-refractivity contribution in [2.24, 2.45) is 0 Å². The Morgan fingerprint density at radius 3 is 2.46 bits per heavy atom. The van der Waals surface area contributed by atoms with E-state index in [-0.39, 0.29) is 16.8 Å². The van der Waals surface area contributed by atoms with Crippen molar-refractivity contribution >= 4 is 43.2 Å². The maximum Gasteiger partial charge on any atom is 0.251 e. The van der Waals surface area contributed by atoms with Gasteiger partial charge in [-0.05, 0) is 70.6 Å². The molecule has 0 radical (unpaired) electrons. The molecule has 0 spiro atoms. The highest BCUT2D eigenvalue weighted by Crippen LogP contribution is 2.25. The maximum absolute atomic E-state index is 12.6. The van der Waals surface area contributed by atoms with Crippen LogP contribution in [-0.2, 0) is 10.0 Å².